The van der Waals surface area contributed by atoms with Crippen molar-refractivity contribution in [1.29, 1.82) is 0 Å². The number of hydrogen-bond acceptors (Lipinski definition) is 7. The standard InChI is InChI=1S/C26H24F3N5O2S/c1-4-25(30,18-6-5-16(23(35)36)11-15(18)3)24-32-13-20(37-24)19-9-14(2)10-22(33-19)34-21-12-17(7-8-31-21)26(27,28)29/h5-13H,4,30H2,1-3H3,(H,35,36)(H,31,33,34). The van der Waals surface area contributed by atoms with Crippen LogP contribution in [0.4, 0.5) is 24.8 Å². The maximum Gasteiger partial charge on any atom is 0.416 e. The number of carboxylic acids is 1. The molecule has 4 rings (SSSR count). The van der Waals surface area contributed by atoms with E-state index in [9.17, 15) is 23.1 Å². The smallest absolute Gasteiger partial charge is 0.416 e. The Bertz CT molecular complexity index is 1470. The van der Waals surface area contributed by atoms with Gasteiger partial charge in [0.15, 0.2) is 0 Å². The molecule has 4 aromatic rings. The van der Waals surface area contributed by atoms with Crippen LogP contribution >= 0.6 is 11.3 Å². The molecule has 0 spiro atoms. The van der Waals surface area contributed by atoms with E-state index in [1.54, 1.807) is 24.4 Å². The Morgan fingerprint density at radius 1 is 1.08 bits per heavy atom. The molecule has 0 saturated carbocycles. The zero-order valence-corrected chi connectivity index (χ0v) is 21.0. The number of halogens is 3. The first-order valence-electron chi connectivity index (χ1n) is 11.3. The molecule has 1 aromatic carbocycles. The molecule has 3 heterocycles. The van der Waals surface area contributed by atoms with Crippen molar-refractivity contribution in [2.24, 2.45) is 5.73 Å². The van der Waals surface area contributed by atoms with Crippen LogP contribution in [-0.4, -0.2) is 26.0 Å². The molecule has 0 amide bonds. The summed E-state index contributed by atoms with van der Waals surface area (Å²) in [6, 6.07) is 10.2. The molecule has 37 heavy (non-hydrogen) atoms. The Labute approximate surface area is 215 Å². The van der Waals surface area contributed by atoms with Gasteiger partial charge in [0, 0.05) is 12.4 Å². The fraction of sp³-hybridized carbons (Fsp3) is 0.231. The topological polar surface area (TPSA) is 114 Å². The minimum Gasteiger partial charge on any atom is -0.478 e. The van der Waals surface area contributed by atoms with Crippen LogP contribution < -0.4 is 11.1 Å². The normalized spacial score (nSPS) is 13.3. The van der Waals surface area contributed by atoms with Crippen LogP contribution in [0.3, 0.4) is 0 Å². The summed E-state index contributed by atoms with van der Waals surface area (Å²) in [5.41, 5.74) is 8.19. The number of rotatable bonds is 7. The van der Waals surface area contributed by atoms with Crippen molar-refractivity contribution in [3.63, 3.8) is 0 Å². The van der Waals surface area contributed by atoms with Crippen molar-refractivity contribution < 1.29 is 23.1 Å². The summed E-state index contributed by atoms with van der Waals surface area (Å²) in [4.78, 5) is 25.2. The lowest BCUT2D eigenvalue weighted by Crippen LogP contribution is -2.38. The highest BCUT2D eigenvalue weighted by Crippen LogP contribution is 2.38. The number of anilines is 2. The van der Waals surface area contributed by atoms with Gasteiger partial charge in [0.25, 0.3) is 0 Å². The molecular weight excluding hydrogens is 503 g/mol. The van der Waals surface area contributed by atoms with Crippen LogP contribution in [0.5, 0.6) is 0 Å². The van der Waals surface area contributed by atoms with Gasteiger partial charge in [-0.2, -0.15) is 13.2 Å². The number of carbonyl (C=O) groups is 1. The summed E-state index contributed by atoms with van der Waals surface area (Å²) in [5.74, 6) is -0.650. The number of nitrogens with zero attached hydrogens (tertiary/aromatic N) is 3. The lowest BCUT2D eigenvalue weighted by atomic mass is 9.85. The van der Waals surface area contributed by atoms with Gasteiger partial charge in [-0.05, 0) is 73.4 Å². The van der Waals surface area contributed by atoms with Crippen molar-refractivity contribution in [3.8, 4) is 10.6 Å². The molecule has 1 atom stereocenters. The molecule has 0 bridgehead atoms. The van der Waals surface area contributed by atoms with Gasteiger partial charge >= 0.3 is 12.1 Å². The van der Waals surface area contributed by atoms with Crippen LogP contribution in [-0.2, 0) is 11.7 Å². The number of alkyl halides is 3. The minimum absolute atomic E-state index is 0.0242. The third-order valence-corrected chi connectivity index (χ3v) is 7.16. The molecule has 1 unspecified atom stereocenters. The second-order valence-electron chi connectivity index (χ2n) is 8.66. The number of aryl methyl sites for hydroxylation is 2. The largest absolute Gasteiger partial charge is 0.478 e. The van der Waals surface area contributed by atoms with E-state index in [2.05, 4.69) is 20.3 Å². The molecular formula is C26H24F3N5O2S. The second-order valence-corrected chi connectivity index (χ2v) is 9.69. The lowest BCUT2D eigenvalue weighted by molar-refractivity contribution is -0.137. The Morgan fingerprint density at radius 2 is 1.84 bits per heavy atom. The number of nitrogens with one attached hydrogen (secondary N) is 1. The van der Waals surface area contributed by atoms with Crippen molar-refractivity contribution in [2.75, 3.05) is 5.32 Å². The number of aromatic nitrogens is 3. The molecule has 7 nitrogen and oxygen atoms in total. The number of hydrogen-bond donors (Lipinski definition) is 3. The Morgan fingerprint density at radius 3 is 2.49 bits per heavy atom. The summed E-state index contributed by atoms with van der Waals surface area (Å²) in [6.45, 7) is 5.60. The van der Waals surface area contributed by atoms with Crippen LogP contribution in [0.25, 0.3) is 10.6 Å². The molecule has 192 valence electrons. The number of thiazole rings is 1. The second kappa shape index (κ2) is 9.91. The maximum atomic E-state index is 13.1. The van der Waals surface area contributed by atoms with Crippen LogP contribution in [0.15, 0.2) is 54.9 Å². The average Bonchev–Trinajstić information content (AvgIpc) is 3.34. The van der Waals surface area contributed by atoms with E-state index in [0.717, 1.165) is 39.9 Å². The van der Waals surface area contributed by atoms with Gasteiger partial charge in [0.1, 0.15) is 16.6 Å². The number of carboxylic acid groups (broad SMARTS) is 1. The fourth-order valence-corrected chi connectivity index (χ4v) is 5.08. The first-order chi connectivity index (χ1) is 17.4. The number of pyridine rings is 2. The Kier molecular flexibility index (Phi) is 7.03. The average molecular weight is 528 g/mol. The number of aromatic carboxylic acids is 1. The molecule has 4 N–H and O–H groups in total. The fourth-order valence-electron chi connectivity index (χ4n) is 4.02. The van der Waals surface area contributed by atoms with Crippen molar-refractivity contribution in [3.05, 3.63) is 87.7 Å². The van der Waals surface area contributed by atoms with Gasteiger partial charge in [0.2, 0.25) is 0 Å². The molecule has 0 aliphatic heterocycles. The van der Waals surface area contributed by atoms with E-state index in [1.165, 1.54) is 17.4 Å². The number of benzene rings is 1. The Balaban J connectivity index is 1.67. The monoisotopic (exact) mass is 527 g/mol. The van der Waals surface area contributed by atoms with Crippen LogP contribution in [0.2, 0.25) is 0 Å². The van der Waals surface area contributed by atoms with Gasteiger partial charge in [0.05, 0.1) is 27.2 Å². The Hall–Kier alpha value is -3.83. The van der Waals surface area contributed by atoms with Gasteiger partial charge < -0.3 is 16.2 Å². The zero-order chi connectivity index (χ0) is 27.0. The molecule has 3 aromatic heterocycles. The van der Waals surface area contributed by atoms with Crippen molar-refractivity contribution >= 4 is 28.9 Å². The van der Waals surface area contributed by atoms with E-state index in [-0.39, 0.29) is 11.4 Å². The summed E-state index contributed by atoms with van der Waals surface area (Å²) in [6.07, 6.45) is -1.22. The van der Waals surface area contributed by atoms with Gasteiger partial charge in [-0.1, -0.05) is 13.0 Å². The summed E-state index contributed by atoms with van der Waals surface area (Å²) >= 11 is 1.35. The van der Waals surface area contributed by atoms with E-state index < -0.39 is 23.2 Å². The highest BCUT2D eigenvalue weighted by atomic mass is 32.1. The van der Waals surface area contributed by atoms with Gasteiger partial charge in [-0.25, -0.2) is 19.7 Å². The quantitative estimate of drug-likeness (QED) is 0.259. The first kappa shape index (κ1) is 26.2. The summed E-state index contributed by atoms with van der Waals surface area (Å²) in [7, 11) is 0. The van der Waals surface area contributed by atoms with Crippen LogP contribution in [0, 0.1) is 13.8 Å². The van der Waals surface area contributed by atoms with Gasteiger partial charge in [-0.3, -0.25) is 0 Å². The van der Waals surface area contributed by atoms with Crippen molar-refractivity contribution in [2.45, 2.75) is 38.9 Å². The summed E-state index contributed by atoms with van der Waals surface area (Å²) < 4.78 is 39.2. The predicted octanol–water partition coefficient (Wildman–Crippen LogP) is 6.29. The molecule has 0 radical (unpaired) electrons. The first-order valence-corrected chi connectivity index (χ1v) is 12.1. The minimum atomic E-state index is -4.48. The third-order valence-electron chi connectivity index (χ3n) is 5.96. The van der Waals surface area contributed by atoms with E-state index in [0.29, 0.717) is 22.9 Å². The van der Waals surface area contributed by atoms with E-state index in [4.69, 9.17) is 5.73 Å². The summed E-state index contributed by atoms with van der Waals surface area (Å²) in [5, 5.41) is 12.8. The lowest BCUT2D eigenvalue weighted by Gasteiger charge is -2.28. The van der Waals surface area contributed by atoms with E-state index in [1.807, 2.05) is 26.8 Å². The maximum absolute atomic E-state index is 13.1. The SMILES string of the molecule is CCC(N)(c1ncc(-c2cc(C)cc(Nc3cc(C(F)(F)F)ccn3)n2)s1)c1ccc(C(=O)O)cc1C. The van der Waals surface area contributed by atoms with Crippen LogP contribution in [0.1, 0.15) is 51.0 Å². The van der Waals surface area contributed by atoms with Gasteiger partial charge in [-0.15, -0.1) is 11.3 Å². The molecule has 0 aliphatic rings. The molecule has 0 fully saturated rings. The third kappa shape index (κ3) is 5.47. The predicted molar refractivity (Wildman–Crippen MR) is 136 cm³/mol. The molecule has 11 heteroatoms. The molecule has 0 aliphatic carbocycles. The zero-order valence-electron chi connectivity index (χ0n) is 20.2. The number of nitrogens with two attached hydrogens (primary N) is 1. The van der Waals surface area contributed by atoms with Crippen molar-refractivity contribution in [1.82, 2.24) is 15.0 Å². The van der Waals surface area contributed by atoms with E-state index >= 15 is 0 Å². The molecule has 0 saturated heterocycles. The highest BCUT2D eigenvalue weighted by molar-refractivity contribution is 7.15. The highest BCUT2D eigenvalue weighted by Gasteiger charge is 2.33.